The van der Waals surface area contributed by atoms with E-state index in [1.54, 1.807) is 6.08 Å². The SMILES string of the molecule is CCC1=C(CC)/C(=C2\C=C(c3[nH]c(-c4ccc[nH]4)c(CC)c3CC)O[B-](F)(F)O2)[NH+]=C1c1ccc[nH]1. The summed E-state index contributed by atoms with van der Waals surface area (Å²) in [5.74, 6) is 0.170. The molecule has 0 spiro atoms. The average molecular weight is 492 g/mol. The third-order valence-electron chi connectivity index (χ3n) is 6.87. The van der Waals surface area contributed by atoms with Crippen molar-refractivity contribution in [1.29, 1.82) is 0 Å². The standard InChI is InChI=1S/C27H30BF2N4O2/c1-5-16-18(7-3)26(33-24(16)20-11-9-13-31-20)22-15-23(36-28(29,30)35-22)27-19(8-4)17(6-2)25(34-27)21-12-10-14-32-21/h9-15,31-33H,5-8H2,1-4H3/q-1/p+1/b27-23-. The van der Waals surface area contributed by atoms with Gasteiger partial charge < -0.3 is 32.9 Å². The maximum Gasteiger partial charge on any atom is 0.726 e. The molecular weight excluding hydrogens is 461 g/mol. The van der Waals surface area contributed by atoms with Crippen LogP contribution in [0.1, 0.15) is 63.1 Å². The van der Waals surface area contributed by atoms with Crippen molar-refractivity contribution >= 4 is 18.6 Å². The summed E-state index contributed by atoms with van der Waals surface area (Å²) in [6.07, 6.45) is 8.14. The van der Waals surface area contributed by atoms with Gasteiger partial charge in [-0.1, -0.05) is 27.7 Å². The first-order chi connectivity index (χ1) is 17.4. The predicted octanol–water partition coefficient (Wildman–Crippen LogP) is 5.14. The molecule has 6 nitrogen and oxygen atoms in total. The van der Waals surface area contributed by atoms with Gasteiger partial charge in [-0.3, -0.25) is 0 Å². The van der Waals surface area contributed by atoms with Gasteiger partial charge in [0.2, 0.25) is 11.4 Å². The molecule has 0 unspecified atom stereocenters. The van der Waals surface area contributed by atoms with Crippen LogP contribution in [0, 0.1) is 0 Å². The molecule has 0 bridgehead atoms. The van der Waals surface area contributed by atoms with E-state index in [0.717, 1.165) is 57.9 Å². The monoisotopic (exact) mass is 492 g/mol. The fourth-order valence-electron chi connectivity index (χ4n) is 5.34. The summed E-state index contributed by atoms with van der Waals surface area (Å²) < 4.78 is 40.3. The van der Waals surface area contributed by atoms with Gasteiger partial charge >= 0.3 is 7.11 Å². The van der Waals surface area contributed by atoms with Crippen molar-refractivity contribution in [1.82, 2.24) is 15.0 Å². The van der Waals surface area contributed by atoms with Crippen LogP contribution in [0.5, 0.6) is 0 Å². The van der Waals surface area contributed by atoms with E-state index in [4.69, 9.17) is 9.31 Å². The maximum absolute atomic E-state index is 15.0. The fraction of sp³-hybridized carbons (Fsp3) is 0.296. The molecule has 2 aliphatic rings. The summed E-state index contributed by atoms with van der Waals surface area (Å²) in [6.45, 7) is 8.17. The first kappa shape index (κ1) is 24.0. The second-order valence-corrected chi connectivity index (χ2v) is 8.89. The van der Waals surface area contributed by atoms with Crippen LogP contribution >= 0.6 is 0 Å². The van der Waals surface area contributed by atoms with Crippen LogP contribution in [-0.4, -0.2) is 27.8 Å². The van der Waals surface area contributed by atoms with E-state index in [-0.39, 0.29) is 11.5 Å². The van der Waals surface area contributed by atoms with Gasteiger partial charge in [-0.05, 0) is 61.1 Å². The Kier molecular flexibility index (Phi) is 6.24. The molecule has 3 aromatic rings. The van der Waals surface area contributed by atoms with Crippen LogP contribution in [0.4, 0.5) is 8.63 Å². The minimum Gasteiger partial charge on any atom is -0.626 e. The van der Waals surface area contributed by atoms with E-state index < -0.39 is 7.11 Å². The predicted molar refractivity (Wildman–Crippen MR) is 138 cm³/mol. The summed E-state index contributed by atoms with van der Waals surface area (Å²) in [7, 11) is -4.57. The highest BCUT2D eigenvalue weighted by atomic mass is 19.3. The van der Waals surface area contributed by atoms with Crippen molar-refractivity contribution in [3.8, 4) is 11.4 Å². The minimum absolute atomic E-state index is 0.0849. The minimum atomic E-state index is -4.57. The highest BCUT2D eigenvalue weighted by Gasteiger charge is 2.42. The number of nitrogens with one attached hydrogen (secondary N) is 4. The maximum atomic E-state index is 15.0. The van der Waals surface area contributed by atoms with Crippen molar-refractivity contribution in [3.63, 3.8) is 0 Å². The Hall–Kier alpha value is -3.75. The van der Waals surface area contributed by atoms with Gasteiger partial charge in [0.15, 0.2) is 5.76 Å². The zero-order valence-corrected chi connectivity index (χ0v) is 21.0. The first-order valence-corrected chi connectivity index (χ1v) is 12.6. The van der Waals surface area contributed by atoms with Crippen LogP contribution in [0.15, 0.2) is 65.3 Å². The summed E-state index contributed by atoms with van der Waals surface area (Å²) in [5.41, 5.74) is 8.80. The topological polar surface area (TPSA) is 79.8 Å². The molecule has 0 amide bonds. The van der Waals surface area contributed by atoms with Crippen LogP contribution in [0.25, 0.3) is 17.1 Å². The number of hydrogen-bond donors (Lipinski definition) is 4. The molecular formula is C27H31BF2N4O2. The molecule has 36 heavy (non-hydrogen) atoms. The lowest BCUT2D eigenvalue weighted by Crippen LogP contribution is -2.69. The number of rotatable bonds is 7. The van der Waals surface area contributed by atoms with Crippen LogP contribution < -0.4 is 4.99 Å². The van der Waals surface area contributed by atoms with E-state index in [9.17, 15) is 8.63 Å². The van der Waals surface area contributed by atoms with Gasteiger partial charge in [0, 0.05) is 29.6 Å². The van der Waals surface area contributed by atoms with Gasteiger partial charge in [-0.2, -0.15) is 4.99 Å². The molecule has 0 saturated carbocycles. The Balaban J connectivity index is 1.70. The number of aromatic nitrogens is 3. The molecule has 0 fully saturated rings. The second-order valence-electron chi connectivity index (χ2n) is 8.89. The number of aromatic amines is 3. The quantitative estimate of drug-likeness (QED) is 0.345. The van der Waals surface area contributed by atoms with E-state index >= 15 is 0 Å². The molecule has 0 aliphatic carbocycles. The second kappa shape index (κ2) is 9.37. The Labute approximate surface area is 209 Å². The lowest BCUT2D eigenvalue weighted by atomic mass is 9.97. The Morgan fingerprint density at radius 3 is 2.03 bits per heavy atom. The van der Waals surface area contributed by atoms with Crippen LogP contribution in [0.3, 0.4) is 0 Å². The molecule has 5 heterocycles. The summed E-state index contributed by atoms with van der Waals surface area (Å²) >= 11 is 0. The molecule has 4 N–H and O–H groups in total. The van der Waals surface area contributed by atoms with Gasteiger partial charge in [0.1, 0.15) is 11.5 Å². The molecule has 5 rings (SSSR count). The zero-order valence-electron chi connectivity index (χ0n) is 21.0. The van der Waals surface area contributed by atoms with E-state index in [1.807, 2.05) is 50.5 Å². The molecule has 0 radical (unpaired) electrons. The molecule has 0 aromatic carbocycles. The van der Waals surface area contributed by atoms with Gasteiger partial charge in [0.25, 0.3) is 0 Å². The third kappa shape index (κ3) is 4.02. The number of allylic oxidation sites excluding steroid dienone is 3. The van der Waals surface area contributed by atoms with Crippen molar-refractivity contribution in [3.05, 3.63) is 87.9 Å². The summed E-state index contributed by atoms with van der Waals surface area (Å²) in [4.78, 5) is 13.2. The van der Waals surface area contributed by atoms with Gasteiger partial charge in [-0.25, -0.2) is 0 Å². The van der Waals surface area contributed by atoms with Gasteiger partial charge in [0.05, 0.1) is 17.1 Å². The normalized spacial score (nSPS) is 19.3. The Morgan fingerprint density at radius 1 is 0.806 bits per heavy atom. The molecule has 2 aliphatic heterocycles. The van der Waals surface area contributed by atoms with E-state index in [2.05, 4.69) is 33.8 Å². The Bertz CT molecular complexity index is 1390. The number of hydrogen-bond acceptors (Lipinski definition) is 2. The molecule has 0 atom stereocenters. The van der Waals surface area contributed by atoms with Crippen molar-refractivity contribution < 1.29 is 22.9 Å². The average Bonchev–Trinajstić information content (AvgIpc) is 3.66. The Morgan fingerprint density at radius 2 is 1.44 bits per heavy atom. The largest absolute Gasteiger partial charge is 0.726 e. The smallest absolute Gasteiger partial charge is 0.626 e. The molecule has 188 valence electrons. The van der Waals surface area contributed by atoms with E-state index in [1.165, 1.54) is 0 Å². The highest BCUT2D eigenvalue weighted by molar-refractivity contribution is 6.53. The highest BCUT2D eigenvalue weighted by Crippen LogP contribution is 2.39. The number of H-pyrrole nitrogens is 3. The lowest BCUT2D eigenvalue weighted by molar-refractivity contribution is -0.390. The lowest BCUT2D eigenvalue weighted by Gasteiger charge is -2.34. The third-order valence-corrected chi connectivity index (χ3v) is 6.87. The summed E-state index contributed by atoms with van der Waals surface area (Å²) in [6, 6.07) is 7.76. The van der Waals surface area contributed by atoms with Crippen molar-refractivity contribution in [2.24, 2.45) is 0 Å². The fourth-order valence-corrected chi connectivity index (χ4v) is 5.34. The zero-order chi connectivity index (χ0) is 25.4. The van der Waals surface area contributed by atoms with E-state index in [0.29, 0.717) is 24.2 Å². The molecule has 3 aromatic heterocycles. The summed E-state index contributed by atoms with van der Waals surface area (Å²) in [5, 5.41) is 0. The van der Waals surface area contributed by atoms with Crippen LogP contribution in [-0.2, 0) is 22.2 Å². The van der Waals surface area contributed by atoms with Crippen molar-refractivity contribution in [2.75, 3.05) is 0 Å². The van der Waals surface area contributed by atoms with Crippen molar-refractivity contribution in [2.45, 2.75) is 53.4 Å². The van der Waals surface area contributed by atoms with Crippen LogP contribution in [0.2, 0.25) is 0 Å². The first-order valence-electron chi connectivity index (χ1n) is 12.6. The molecule has 9 heteroatoms. The number of halogens is 2. The molecule has 0 saturated heterocycles. The van der Waals surface area contributed by atoms with Gasteiger partial charge in [-0.15, -0.1) is 0 Å².